The molecule has 0 unspecified atom stereocenters. The monoisotopic (exact) mass is 420 g/mol. The number of imide groups is 1. The van der Waals surface area contributed by atoms with E-state index in [0.29, 0.717) is 18.4 Å². The number of ether oxygens (including phenoxy) is 1. The number of nitrogens with zero attached hydrogens (tertiary/aromatic N) is 1. The van der Waals surface area contributed by atoms with Crippen molar-refractivity contribution in [1.82, 2.24) is 10.2 Å². The van der Waals surface area contributed by atoms with Crippen molar-refractivity contribution in [2.75, 3.05) is 13.2 Å². The summed E-state index contributed by atoms with van der Waals surface area (Å²) in [6.07, 6.45) is 2.07. The Kier molecular flexibility index (Phi) is 5.60. The number of ketones is 1. The van der Waals surface area contributed by atoms with E-state index < -0.39 is 30.7 Å². The second-order valence-electron chi connectivity index (χ2n) is 9.17. The lowest BCUT2D eigenvalue weighted by atomic mass is 9.64. The van der Waals surface area contributed by atoms with Crippen molar-refractivity contribution in [2.45, 2.75) is 59.4 Å². The highest BCUT2D eigenvalue weighted by molar-refractivity contribution is 7.12. The molecular weight excluding hydrogens is 392 g/mol. The molecule has 1 aliphatic heterocycles. The summed E-state index contributed by atoms with van der Waals surface area (Å²) in [5.41, 5.74) is -0.507. The second kappa shape index (κ2) is 7.55. The molecule has 1 saturated carbocycles. The summed E-state index contributed by atoms with van der Waals surface area (Å²) in [4.78, 5) is 52.8. The maximum Gasteiger partial charge on any atom is 0.326 e. The van der Waals surface area contributed by atoms with Gasteiger partial charge in [0.25, 0.3) is 5.91 Å². The van der Waals surface area contributed by atoms with Crippen molar-refractivity contribution in [2.24, 2.45) is 11.3 Å². The van der Waals surface area contributed by atoms with Crippen molar-refractivity contribution < 1.29 is 23.9 Å². The maximum absolute atomic E-state index is 13.0. The number of esters is 1. The molecule has 3 rings (SSSR count). The van der Waals surface area contributed by atoms with Gasteiger partial charge in [0.15, 0.2) is 6.61 Å². The Balaban J connectivity index is 1.62. The van der Waals surface area contributed by atoms with Gasteiger partial charge < -0.3 is 10.1 Å². The zero-order valence-electron chi connectivity index (χ0n) is 17.6. The number of aryl methyl sites for hydroxylation is 2. The minimum atomic E-state index is -0.959. The first-order valence-electron chi connectivity index (χ1n) is 9.82. The van der Waals surface area contributed by atoms with Gasteiger partial charge in [-0.25, -0.2) is 4.79 Å². The molecule has 158 valence electrons. The molecule has 8 heteroatoms. The van der Waals surface area contributed by atoms with Gasteiger partial charge in [-0.1, -0.05) is 20.8 Å². The lowest BCUT2D eigenvalue weighted by Gasteiger charge is -2.43. The summed E-state index contributed by atoms with van der Waals surface area (Å²) in [5, 5.41) is 2.83. The Bertz CT molecular complexity index is 874. The van der Waals surface area contributed by atoms with Crippen LogP contribution in [0.2, 0.25) is 0 Å². The summed E-state index contributed by atoms with van der Waals surface area (Å²) in [5.74, 6) is -1.16. The van der Waals surface area contributed by atoms with Crippen molar-refractivity contribution in [3.05, 3.63) is 21.4 Å². The minimum Gasteiger partial charge on any atom is -0.456 e. The number of hydrogen-bond acceptors (Lipinski definition) is 6. The molecule has 1 aliphatic carbocycles. The zero-order chi connectivity index (χ0) is 21.6. The van der Waals surface area contributed by atoms with E-state index in [-0.39, 0.29) is 23.0 Å². The van der Waals surface area contributed by atoms with Crippen LogP contribution in [-0.2, 0) is 14.3 Å². The van der Waals surface area contributed by atoms with E-state index in [1.807, 2.05) is 13.8 Å². The van der Waals surface area contributed by atoms with E-state index in [4.69, 9.17) is 4.74 Å². The van der Waals surface area contributed by atoms with Crippen LogP contribution in [0.5, 0.6) is 0 Å². The van der Waals surface area contributed by atoms with Gasteiger partial charge in [0.2, 0.25) is 5.78 Å². The van der Waals surface area contributed by atoms with Crippen LogP contribution >= 0.6 is 11.3 Å². The minimum absolute atomic E-state index is 0.0833. The van der Waals surface area contributed by atoms with Crippen LogP contribution in [0.3, 0.4) is 0 Å². The lowest BCUT2D eigenvalue weighted by molar-refractivity contribution is -0.147. The molecule has 2 aliphatic rings. The highest BCUT2D eigenvalue weighted by atomic mass is 32.1. The van der Waals surface area contributed by atoms with Crippen molar-refractivity contribution in [3.63, 3.8) is 0 Å². The third-order valence-electron chi connectivity index (χ3n) is 5.62. The normalized spacial score (nSPS) is 26.0. The average molecular weight is 421 g/mol. The molecule has 2 fully saturated rings. The Labute approximate surface area is 174 Å². The summed E-state index contributed by atoms with van der Waals surface area (Å²) < 4.78 is 5.06. The molecule has 1 aromatic heterocycles. The van der Waals surface area contributed by atoms with Gasteiger partial charge in [0.1, 0.15) is 12.1 Å². The average Bonchev–Trinajstić information content (AvgIpc) is 3.02. The predicted molar refractivity (Wildman–Crippen MR) is 109 cm³/mol. The predicted octanol–water partition coefficient (Wildman–Crippen LogP) is 3.23. The number of carbonyl (C=O) groups excluding carboxylic acids is 4. The SMILES string of the molecule is Cc1cc(C(=O)COC(=O)CN2C(=O)N[C@]3(C[C@@H](C)CC(C)(C)C3)C2=O)c(C)s1. The Morgan fingerprint density at radius 3 is 2.55 bits per heavy atom. The van der Waals surface area contributed by atoms with Crippen LogP contribution < -0.4 is 5.32 Å². The number of urea groups is 1. The lowest BCUT2D eigenvalue weighted by Crippen LogP contribution is -2.54. The highest BCUT2D eigenvalue weighted by Gasteiger charge is 2.56. The molecule has 1 spiro atoms. The first kappa shape index (κ1) is 21.5. The molecule has 2 heterocycles. The molecule has 7 nitrogen and oxygen atoms in total. The van der Waals surface area contributed by atoms with Gasteiger partial charge in [-0.3, -0.25) is 19.3 Å². The van der Waals surface area contributed by atoms with Gasteiger partial charge in [-0.2, -0.15) is 0 Å². The number of hydrogen-bond donors (Lipinski definition) is 1. The van der Waals surface area contributed by atoms with Crippen molar-refractivity contribution in [3.8, 4) is 0 Å². The number of thiophene rings is 1. The van der Waals surface area contributed by atoms with Crippen molar-refractivity contribution in [1.29, 1.82) is 0 Å². The first-order chi connectivity index (χ1) is 13.4. The molecule has 1 saturated heterocycles. The zero-order valence-corrected chi connectivity index (χ0v) is 18.4. The summed E-state index contributed by atoms with van der Waals surface area (Å²) in [7, 11) is 0. The van der Waals surface area contributed by atoms with E-state index in [2.05, 4.69) is 26.1 Å². The fourth-order valence-corrected chi connectivity index (χ4v) is 5.90. The van der Waals surface area contributed by atoms with Gasteiger partial charge in [-0.15, -0.1) is 11.3 Å². The van der Waals surface area contributed by atoms with Crippen LogP contribution in [0, 0.1) is 25.2 Å². The smallest absolute Gasteiger partial charge is 0.326 e. The van der Waals surface area contributed by atoms with Gasteiger partial charge >= 0.3 is 12.0 Å². The van der Waals surface area contributed by atoms with E-state index >= 15 is 0 Å². The fraction of sp³-hybridized carbons (Fsp3) is 0.619. The quantitative estimate of drug-likeness (QED) is 0.448. The molecule has 29 heavy (non-hydrogen) atoms. The van der Waals surface area contributed by atoms with Crippen LogP contribution in [0.1, 0.15) is 60.1 Å². The fourth-order valence-electron chi connectivity index (χ4n) is 4.96. The molecule has 3 amide bonds. The number of carbonyl (C=O) groups is 4. The van der Waals surface area contributed by atoms with E-state index in [1.54, 1.807) is 6.07 Å². The van der Waals surface area contributed by atoms with E-state index in [9.17, 15) is 19.2 Å². The van der Waals surface area contributed by atoms with Gasteiger partial charge in [0, 0.05) is 15.3 Å². The molecule has 0 radical (unpaired) electrons. The third kappa shape index (κ3) is 4.37. The standard InChI is InChI=1S/C21H28N2O5S/c1-12-7-20(4,5)11-21(8-12)18(26)23(19(27)22-21)9-17(25)28-10-16(24)15-6-13(2)29-14(15)3/h6,12H,7-11H2,1-5H3,(H,22,27)/t12-,21-/m0/s1. The van der Waals surface area contributed by atoms with Crippen LogP contribution in [0.4, 0.5) is 4.79 Å². The van der Waals surface area contributed by atoms with Gasteiger partial charge in [-0.05, 0) is 50.5 Å². The summed E-state index contributed by atoms with van der Waals surface area (Å²) >= 11 is 1.50. The molecular formula is C21H28N2O5S. The summed E-state index contributed by atoms with van der Waals surface area (Å²) in [6.45, 7) is 9.08. The number of amides is 3. The first-order valence-corrected chi connectivity index (χ1v) is 10.6. The van der Waals surface area contributed by atoms with E-state index in [0.717, 1.165) is 21.1 Å². The molecule has 0 aromatic carbocycles. The second-order valence-corrected chi connectivity index (χ2v) is 10.6. The largest absolute Gasteiger partial charge is 0.456 e. The Morgan fingerprint density at radius 2 is 1.97 bits per heavy atom. The third-order valence-corrected chi connectivity index (χ3v) is 6.58. The number of Topliss-reactive ketones (excluding diaryl/α,β-unsaturated/α-hetero) is 1. The van der Waals surface area contributed by atoms with Gasteiger partial charge in [0.05, 0.1) is 0 Å². The molecule has 1 N–H and O–H groups in total. The maximum atomic E-state index is 13.0. The molecule has 0 bridgehead atoms. The van der Waals surface area contributed by atoms with Crippen LogP contribution in [-0.4, -0.2) is 47.3 Å². The van der Waals surface area contributed by atoms with Crippen LogP contribution in [0.15, 0.2) is 6.07 Å². The number of nitrogens with one attached hydrogen (secondary N) is 1. The van der Waals surface area contributed by atoms with Crippen molar-refractivity contribution >= 4 is 35.0 Å². The topological polar surface area (TPSA) is 92.8 Å². The molecule has 1 aromatic rings. The Hall–Kier alpha value is -2.22. The summed E-state index contributed by atoms with van der Waals surface area (Å²) in [6, 6.07) is 1.19. The molecule has 2 atom stereocenters. The highest BCUT2D eigenvalue weighted by Crippen LogP contribution is 2.46. The van der Waals surface area contributed by atoms with Crippen LogP contribution in [0.25, 0.3) is 0 Å². The van der Waals surface area contributed by atoms with E-state index in [1.165, 1.54) is 11.3 Å². The number of rotatable bonds is 5. The Morgan fingerprint density at radius 1 is 1.28 bits per heavy atom.